The normalized spacial score (nSPS) is 16.0. The van der Waals surface area contributed by atoms with Gasteiger partial charge in [-0.25, -0.2) is 0 Å². The molecule has 0 aliphatic carbocycles. The Kier molecular flexibility index (Phi) is 3.12. The van der Waals surface area contributed by atoms with Gasteiger partial charge >= 0.3 is 0 Å². The van der Waals surface area contributed by atoms with Gasteiger partial charge in [0.2, 0.25) is 0 Å². The zero-order valence-electron chi connectivity index (χ0n) is 8.89. The minimum absolute atomic E-state index is 0.0375. The van der Waals surface area contributed by atoms with Crippen LogP contribution in [0, 0.1) is 0 Å². The molecular formula is C12H15NO3. The molecule has 4 nitrogen and oxygen atoms in total. The molecule has 0 spiro atoms. The molecule has 16 heavy (non-hydrogen) atoms. The van der Waals surface area contributed by atoms with E-state index in [0.29, 0.717) is 12.8 Å². The van der Waals surface area contributed by atoms with Crippen LogP contribution in [0.25, 0.3) is 0 Å². The van der Waals surface area contributed by atoms with Gasteiger partial charge in [0, 0.05) is 18.0 Å². The molecule has 0 aromatic heterocycles. The van der Waals surface area contributed by atoms with E-state index in [1.54, 1.807) is 24.5 Å². The van der Waals surface area contributed by atoms with E-state index < -0.39 is 0 Å². The van der Waals surface area contributed by atoms with E-state index in [9.17, 15) is 5.11 Å². The van der Waals surface area contributed by atoms with E-state index in [1.165, 1.54) is 0 Å². The Bertz CT molecular complexity index is 415. The number of aromatic hydroxyl groups is 1. The van der Waals surface area contributed by atoms with Crippen molar-refractivity contribution in [1.82, 2.24) is 0 Å². The van der Waals surface area contributed by atoms with Crippen LogP contribution in [0.15, 0.2) is 30.0 Å². The lowest BCUT2D eigenvalue weighted by molar-refractivity contribution is 0.263. The van der Waals surface area contributed by atoms with Crippen LogP contribution in [0.3, 0.4) is 0 Å². The molecule has 0 fully saturated rings. The number of benzene rings is 1. The minimum Gasteiger partial charge on any atom is -0.508 e. The van der Waals surface area contributed by atoms with Crippen molar-refractivity contribution in [3.63, 3.8) is 0 Å². The zero-order valence-corrected chi connectivity index (χ0v) is 8.89. The number of ether oxygens (including phenoxy) is 1. The summed E-state index contributed by atoms with van der Waals surface area (Å²) in [6.45, 7) is -0.0375. The van der Waals surface area contributed by atoms with Gasteiger partial charge in [0.25, 0.3) is 0 Å². The van der Waals surface area contributed by atoms with Crippen LogP contribution in [-0.2, 0) is 6.42 Å². The van der Waals surface area contributed by atoms with Crippen molar-refractivity contribution >= 4 is 0 Å². The Morgan fingerprint density at radius 1 is 1.44 bits per heavy atom. The standard InChI is InChI=1S/C12H15NO3/c13-10(6-14)4-8-3-9-5-11(15)1-2-12(9)16-7-8/h1-2,5,7,10,14-15H,3-4,6,13H2. The molecule has 86 valence electrons. The Balaban J connectivity index is 2.11. The first-order valence-corrected chi connectivity index (χ1v) is 5.22. The summed E-state index contributed by atoms with van der Waals surface area (Å²) >= 11 is 0. The van der Waals surface area contributed by atoms with Gasteiger partial charge < -0.3 is 20.7 Å². The summed E-state index contributed by atoms with van der Waals surface area (Å²) in [4.78, 5) is 0. The van der Waals surface area contributed by atoms with Crippen LogP contribution in [0.1, 0.15) is 12.0 Å². The number of phenols is 1. The highest BCUT2D eigenvalue weighted by molar-refractivity contribution is 5.44. The highest BCUT2D eigenvalue weighted by Gasteiger charge is 2.15. The average Bonchev–Trinajstić information content (AvgIpc) is 2.28. The number of fused-ring (bicyclic) bond motifs is 1. The van der Waals surface area contributed by atoms with E-state index in [4.69, 9.17) is 15.6 Å². The quantitative estimate of drug-likeness (QED) is 0.709. The lowest BCUT2D eigenvalue weighted by Gasteiger charge is -2.19. The smallest absolute Gasteiger partial charge is 0.130 e. The molecule has 0 saturated heterocycles. The molecule has 1 atom stereocenters. The van der Waals surface area contributed by atoms with Crippen molar-refractivity contribution in [3.8, 4) is 11.5 Å². The van der Waals surface area contributed by atoms with Crippen molar-refractivity contribution in [2.45, 2.75) is 18.9 Å². The molecule has 1 aliphatic rings. The maximum atomic E-state index is 9.36. The summed E-state index contributed by atoms with van der Waals surface area (Å²) in [5, 5.41) is 18.2. The summed E-state index contributed by atoms with van der Waals surface area (Å²) in [7, 11) is 0. The Hall–Kier alpha value is -1.52. The third kappa shape index (κ3) is 2.35. The third-order valence-electron chi connectivity index (χ3n) is 2.57. The molecule has 2 rings (SSSR count). The largest absolute Gasteiger partial charge is 0.508 e. The molecule has 4 N–H and O–H groups in total. The van der Waals surface area contributed by atoms with Gasteiger partial charge in [-0.3, -0.25) is 0 Å². The predicted octanol–water partition coefficient (Wildman–Crippen LogP) is 0.921. The molecular weight excluding hydrogens is 206 g/mol. The maximum absolute atomic E-state index is 9.36. The van der Waals surface area contributed by atoms with Crippen molar-refractivity contribution in [3.05, 3.63) is 35.6 Å². The van der Waals surface area contributed by atoms with Crippen LogP contribution in [-0.4, -0.2) is 22.9 Å². The van der Waals surface area contributed by atoms with Crippen molar-refractivity contribution in [1.29, 1.82) is 0 Å². The maximum Gasteiger partial charge on any atom is 0.130 e. The Morgan fingerprint density at radius 3 is 3.00 bits per heavy atom. The molecule has 0 bridgehead atoms. The van der Waals surface area contributed by atoms with Gasteiger partial charge in [0.15, 0.2) is 0 Å². The van der Waals surface area contributed by atoms with Crippen LogP contribution in [0.5, 0.6) is 11.5 Å². The summed E-state index contributed by atoms with van der Waals surface area (Å²) in [5.41, 5.74) is 7.63. The first kappa shape index (κ1) is 11.0. The molecule has 1 heterocycles. The predicted molar refractivity (Wildman–Crippen MR) is 60.2 cm³/mol. The van der Waals surface area contributed by atoms with Gasteiger partial charge in [-0.15, -0.1) is 0 Å². The molecule has 0 amide bonds. The highest BCUT2D eigenvalue weighted by Crippen LogP contribution is 2.30. The van der Waals surface area contributed by atoms with Gasteiger partial charge in [-0.1, -0.05) is 0 Å². The number of phenolic OH excluding ortho intramolecular Hbond substituents is 1. The molecule has 1 unspecified atom stereocenters. The fraction of sp³-hybridized carbons (Fsp3) is 0.333. The Labute approximate surface area is 94.0 Å². The number of hydrogen-bond acceptors (Lipinski definition) is 4. The minimum atomic E-state index is -0.256. The molecule has 4 heteroatoms. The summed E-state index contributed by atoms with van der Waals surface area (Å²) in [5.74, 6) is 0.995. The van der Waals surface area contributed by atoms with Gasteiger partial charge in [-0.05, 0) is 30.2 Å². The topological polar surface area (TPSA) is 75.7 Å². The second-order valence-corrected chi connectivity index (χ2v) is 4.01. The van der Waals surface area contributed by atoms with E-state index in [2.05, 4.69) is 0 Å². The van der Waals surface area contributed by atoms with Crippen molar-refractivity contribution < 1.29 is 14.9 Å². The number of nitrogens with two attached hydrogens (primary N) is 1. The average molecular weight is 221 g/mol. The van der Waals surface area contributed by atoms with Crippen molar-refractivity contribution in [2.75, 3.05) is 6.61 Å². The van der Waals surface area contributed by atoms with Crippen LogP contribution in [0.2, 0.25) is 0 Å². The lowest BCUT2D eigenvalue weighted by Crippen LogP contribution is -2.25. The summed E-state index contributed by atoms with van der Waals surface area (Å²) < 4.78 is 5.43. The van der Waals surface area contributed by atoms with Crippen molar-refractivity contribution in [2.24, 2.45) is 5.73 Å². The summed E-state index contributed by atoms with van der Waals surface area (Å²) in [6, 6.07) is 4.77. The molecule has 0 saturated carbocycles. The van der Waals surface area contributed by atoms with E-state index in [1.807, 2.05) is 0 Å². The number of hydrogen-bond donors (Lipinski definition) is 3. The first-order valence-electron chi connectivity index (χ1n) is 5.22. The molecule has 1 aromatic carbocycles. The molecule has 1 aromatic rings. The fourth-order valence-corrected chi connectivity index (χ4v) is 1.77. The second kappa shape index (κ2) is 4.55. The van der Waals surface area contributed by atoms with Gasteiger partial charge in [0.05, 0.1) is 12.9 Å². The monoisotopic (exact) mass is 221 g/mol. The number of rotatable bonds is 3. The van der Waals surface area contributed by atoms with Crippen LogP contribution >= 0.6 is 0 Å². The van der Waals surface area contributed by atoms with Gasteiger partial charge in [-0.2, -0.15) is 0 Å². The van der Waals surface area contributed by atoms with E-state index in [0.717, 1.165) is 16.9 Å². The molecule has 1 aliphatic heterocycles. The fourth-order valence-electron chi connectivity index (χ4n) is 1.77. The van der Waals surface area contributed by atoms with E-state index >= 15 is 0 Å². The third-order valence-corrected chi connectivity index (χ3v) is 2.57. The highest BCUT2D eigenvalue weighted by atomic mass is 16.5. The van der Waals surface area contributed by atoms with Crippen LogP contribution < -0.4 is 10.5 Å². The SMILES string of the molecule is NC(CO)CC1=COc2ccc(O)cc2C1. The molecule has 0 radical (unpaired) electrons. The van der Waals surface area contributed by atoms with E-state index in [-0.39, 0.29) is 18.4 Å². The zero-order chi connectivity index (χ0) is 11.5. The number of aliphatic hydroxyl groups is 1. The second-order valence-electron chi connectivity index (χ2n) is 4.01. The summed E-state index contributed by atoms with van der Waals surface area (Å²) in [6.07, 6.45) is 2.98. The van der Waals surface area contributed by atoms with Gasteiger partial charge in [0.1, 0.15) is 11.5 Å². The van der Waals surface area contributed by atoms with Crippen LogP contribution in [0.4, 0.5) is 0 Å². The Morgan fingerprint density at radius 2 is 2.25 bits per heavy atom. The number of aliphatic hydroxyl groups excluding tert-OH is 1. The first-order chi connectivity index (χ1) is 7.69. The lowest BCUT2D eigenvalue weighted by atomic mass is 9.98.